The van der Waals surface area contributed by atoms with Crippen molar-refractivity contribution in [2.75, 3.05) is 50.8 Å². The van der Waals surface area contributed by atoms with E-state index in [0.717, 1.165) is 55.2 Å². The van der Waals surface area contributed by atoms with Crippen molar-refractivity contribution >= 4 is 11.6 Å². The van der Waals surface area contributed by atoms with Gasteiger partial charge in [0.25, 0.3) is 0 Å². The van der Waals surface area contributed by atoms with E-state index in [2.05, 4.69) is 34.5 Å². The quantitative estimate of drug-likeness (QED) is 0.675. The fourth-order valence-electron chi connectivity index (χ4n) is 3.99. The van der Waals surface area contributed by atoms with Gasteiger partial charge in [-0.3, -0.25) is 9.69 Å². The van der Waals surface area contributed by atoms with Gasteiger partial charge in [0.05, 0.1) is 32.2 Å². The molecule has 0 spiro atoms. The number of nitrogens with zero attached hydrogens (tertiary/aromatic N) is 3. The highest BCUT2D eigenvalue weighted by Gasteiger charge is 2.21. The third-order valence-corrected chi connectivity index (χ3v) is 5.51. The van der Waals surface area contributed by atoms with Crippen LogP contribution in [0, 0.1) is 25.2 Å². The summed E-state index contributed by atoms with van der Waals surface area (Å²) in [6.45, 7) is 8.75. The number of hydrogen-bond donors (Lipinski definition) is 1. The molecule has 0 saturated carbocycles. The number of anilines is 1. The average molecular weight is 421 g/mol. The number of carbonyl (C=O) groups excluding carboxylic acids is 1. The van der Waals surface area contributed by atoms with Gasteiger partial charge in [-0.2, -0.15) is 5.26 Å². The molecular weight excluding hydrogens is 388 g/mol. The highest BCUT2D eigenvalue weighted by Crippen LogP contribution is 2.20. The first-order chi connectivity index (χ1) is 15.1. The van der Waals surface area contributed by atoms with Gasteiger partial charge in [-0.1, -0.05) is 36.4 Å². The summed E-state index contributed by atoms with van der Waals surface area (Å²) in [6.07, 6.45) is 0.300. The maximum Gasteiger partial charge on any atom is 0.240 e. The molecule has 1 aliphatic heterocycles. The van der Waals surface area contributed by atoms with Gasteiger partial charge in [-0.15, -0.1) is 0 Å². The van der Waals surface area contributed by atoms with E-state index < -0.39 is 0 Å². The summed E-state index contributed by atoms with van der Waals surface area (Å²) in [4.78, 5) is 17.3. The predicted octanol–water partition coefficient (Wildman–Crippen LogP) is 3.21. The Morgan fingerprint density at radius 3 is 2.48 bits per heavy atom. The Morgan fingerprint density at radius 2 is 1.84 bits per heavy atom. The summed E-state index contributed by atoms with van der Waals surface area (Å²) in [5.74, 6) is -0.0249. The molecule has 0 bridgehead atoms. The molecule has 1 fully saturated rings. The lowest BCUT2D eigenvalue weighted by Crippen LogP contribution is -2.45. The Labute approximate surface area is 185 Å². The smallest absolute Gasteiger partial charge is 0.240 e. The molecule has 2 aromatic carbocycles. The molecular formula is C25H32N4O2. The van der Waals surface area contributed by atoms with Crippen LogP contribution in [0.2, 0.25) is 0 Å². The van der Waals surface area contributed by atoms with E-state index in [4.69, 9.17) is 10.00 Å². The van der Waals surface area contributed by atoms with Crippen molar-refractivity contribution in [3.8, 4) is 6.07 Å². The van der Waals surface area contributed by atoms with Crippen LogP contribution in [0.5, 0.6) is 0 Å². The van der Waals surface area contributed by atoms with Crippen LogP contribution >= 0.6 is 0 Å². The molecule has 0 aromatic heterocycles. The van der Waals surface area contributed by atoms with Crippen molar-refractivity contribution in [1.82, 2.24) is 10.2 Å². The molecule has 6 heteroatoms. The van der Waals surface area contributed by atoms with E-state index in [1.807, 2.05) is 44.2 Å². The molecule has 1 saturated heterocycles. The first-order valence-electron chi connectivity index (χ1n) is 10.9. The molecule has 1 N–H and O–H groups in total. The number of amides is 1. The van der Waals surface area contributed by atoms with Crippen molar-refractivity contribution in [2.24, 2.45) is 0 Å². The minimum absolute atomic E-state index is 0.0249. The standard InChI is InChI=1S/C25H32N4O2/c1-20-15-21(2)17-23(16-20)29(10-6-9-26)25(30)18-27-24(22-7-4-3-5-8-22)19-28-11-13-31-14-12-28/h3-5,7-8,15-17,24,27H,6,10-14,18-19H2,1-2H3. The van der Waals surface area contributed by atoms with Gasteiger partial charge in [0.1, 0.15) is 0 Å². The summed E-state index contributed by atoms with van der Waals surface area (Å²) >= 11 is 0. The van der Waals surface area contributed by atoms with Crippen LogP contribution in [0.3, 0.4) is 0 Å². The number of ether oxygens (including phenoxy) is 1. The molecule has 0 aliphatic carbocycles. The number of nitrogens with one attached hydrogen (secondary N) is 1. The van der Waals surface area contributed by atoms with E-state index in [-0.39, 0.29) is 18.5 Å². The molecule has 6 nitrogen and oxygen atoms in total. The van der Waals surface area contributed by atoms with E-state index in [1.165, 1.54) is 0 Å². The largest absolute Gasteiger partial charge is 0.379 e. The zero-order valence-electron chi connectivity index (χ0n) is 18.5. The maximum absolute atomic E-state index is 13.2. The number of rotatable bonds is 9. The lowest BCUT2D eigenvalue weighted by molar-refractivity contribution is -0.118. The fraction of sp³-hybridized carbons (Fsp3) is 0.440. The lowest BCUT2D eigenvalue weighted by Gasteiger charge is -2.31. The average Bonchev–Trinajstić information content (AvgIpc) is 2.77. The van der Waals surface area contributed by atoms with E-state index in [1.54, 1.807) is 4.90 Å². The van der Waals surface area contributed by atoms with Crippen LogP contribution in [0.25, 0.3) is 0 Å². The summed E-state index contributed by atoms with van der Waals surface area (Å²) in [6, 6.07) is 18.6. The Kier molecular flexibility index (Phi) is 8.60. The second kappa shape index (κ2) is 11.6. The minimum Gasteiger partial charge on any atom is -0.379 e. The second-order valence-electron chi connectivity index (χ2n) is 8.06. The van der Waals surface area contributed by atoms with Gasteiger partial charge in [0.15, 0.2) is 0 Å². The van der Waals surface area contributed by atoms with Crippen LogP contribution < -0.4 is 10.2 Å². The van der Waals surface area contributed by atoms with Gasteiger partial charge < -0.3 is 15.0 Å². The number of hydrogen-bond acceptors (Lipinski definition) is 5. The second-order valence-corrected chi connectivity index (χ2v) is 8.06. The highest BCUT2D eigenvalue weighted by atomic mass is 16.5. The van der Waals surface area contributed by atoms with Crippen LogP contribution in [0.15, 0.2) is 48.5 Å². The number of benzene rings is 2. The molecule has 1 atom stereocenters. The van der Waals surface area contributed by atoms with Crippen LogP contribution in [0.1, 0.15) is 29.2 Å². The Balaban J connectivity index is 1.72. The van der Waals surface area contributed by atoms with Crippen LogP contribution in [-0.4, -0.2) is 56.7 Å². The van der Waals surface area contributed by atoms with Gasteiger partial charge in [0.2, 0.25) is 5.91 Å². The van der Waals surface area contributed by atoms with E-state index >= 15 is 0 Å². The summed E-state index contributed by atoms with van der Waals surface area (Å²) < 4.78 is 5.47. The van der Waals surface area contributed by atoms with Gasteiger partial charge in [-0.05, 0) is 42.7 Å². The fourth-order valence-corrected chi connectivity index (χ4v) is 3.99. The van der Waals surface area contributed by atoms with Crippen LogP contribution in [0.4, 0.5) is 5.69 Å². The number of morpholine rings is 1. The van der Waals surface area contributed by atoms with Crippen molar-refractivity contribution in [2.45, 2.75) is 26.3 Å². The van der Waals surface area contributed by atoms with Crippen molar-refractivity contribution < 1.29 is 9.53 Å². The molecule has 2 aromatic rings. The van der Waals surface area contributed by atoms with Crippen LogP contribution in [-0.2, 0) is 9.53 Å². The number of aryl methyl sites for hydroxylation is 2. The lowest BCUT2D eigenvalue weighted by atomic mass is 10.1. The molecule has 1 heterocycles. The Hall–Kier alpha value is -2.72. The Morgan fingerprint density at radius 1 is 1.16 bits per heavy atom. The van der Waals surface area contributed by atoms with Crippen molar-refractivity contribution in [3.05, 3.63) is 65.2 Å². The van der Waals surface area contributed by atoms with E-state index in [9.17, 15) is 4.79 Å². The zero-order chi connectivity index (χ0) is 22.1. The summed E-state index contributed by atoms with van der Waals surface area (Å²) in [5, 5.41) is 12.6. The normalized spacial score (nSPS) is 15.3. The maximum atomic E-state index is 13.2. The van der Waals surface area contributed by atoms with Crippen molar-refractivity contribution in [1.29, 1.82) is 5.26 Å². The molecule has 164 valence electrons. The predicted molar refractivity (Wildman–Crippen MR) is 123 cm³/mol. The molecule has 31 heavy (non-hydrogen) atoms. The third kappa shape index (κ3) is 6.90. The van der Waals surface area contributed by atoms with Gasteiger partial charge in [0, 0.05) is 37.9 Å². The number of nitriles is 1. The summed E-state index contributed by atoms with van der Waals surface area (Å²) in [7, 11) is 0. The molecule has 1 unspecified atom stereocenters. The Bertz CT molecular complexity index is 868. The molecule has 1 amide bonds. The first-order valence-corrected chi connectivity index (χ1v) is 10.9. The molecule has 0 radical (unpaired) electrons. The van der Waals surface area contributed by atoms with Crippen molar-refractivity contribution in [3.63, 3.8) is 0 Å². The van der Waals surface area contributed by atoms with Gasteiger partial charge >= 0.3 is 0 Å². The minimum atomic E-state index is -0.0249. The third-order valence-electron chi connectivity index (χ3n) is 5.51. The first kappa shape index (κ1) is 23.0. The molecule has 3 rings (SSSR count). The zero-order valence-corrected chi connectivity index (χ0v) is 18.5. The number of carbonyl (C=O) groups is 1. The summed E-state index contributed by atoms with van der Waals surface area (Å²) in [5.41, 5.74) is 4.22. The highest BCUT2D eigenvalue weighted by molar-refractivity contribution is 5.95. The molecule has 1 aliphatic rings. The topological polar surface area (TPSA) is 68.6 Å². The van der Waals surface area contributed by atoms with Gasteiger partial charge in [-0.25, -0.2) is 0 Å². The van der Waals surface area contributed by atoms with E-state index in [0.29, 0.717) is 13.0 Å². The SMILES string of the molecule is Cc1cc(C)cc(N(CCC#N)C(=O)CNC(CN2CCOCC2)c2ccccc2)c1. The monoisotopic (exact) mass is 420 g/mol.